The first-order valence-corrected chi connectivity index (χ1v) is 6.22. The Morgan fingerprint density at radius 3 is 2.67 bits per heavy atom. The van der Waals surface area contributed by atoms with E-state index in [0.29, 0.717) is 6.04 Å². The van der Waals surface area contributed by atoms with Crippen LogP contribution < -0.4 is 5.32 Å². The SMILES string of the molecule is CCCCN(C1CC1)C(CNC)COC. The molecule has 0 bridgehead atoms. The summed E-state index contributed by atoms with van der Waals surface area (Å²) in [5, 5.41) is 3.27. The molecule has 1 saturated carbocycles. The lowest BCUT2D eigenvalue weighted by Gasteiger charge is -2.31. The van der Waals surface area contributed by atoms with Gasteiger partial charge in [0.25, 0.3) is 0 Å². The number of nitrogens with one attached hydrogen (secondary N) is 1. The summed E-state index contributed by atoms with van der Waals surface area (Å²) in [5.41, 5.74) is 0. The molecule has 0 spiro atoms. The van der Waals surface area contributed by atoms with Crippen molar-refractivity contribution in [2.75, 3.05) is 33.9 Å². The van der Waals surface area contributed by atoms with E-state index in [1.807, 2.05) is 7.05 Å². The zero-order valence-corrected chi connectivity index (χ0v) is 10.5. The highest BCUT2D eigenvalue weighted by Crippen LogP contribution is 2.28. The first-order chi connectivity index (χ1) is 7.33. The minimum absolute atomic E-state index is 0.555. The second-order valence-corrected chi connectivity index (χ2v) is 4.49. The van der Waals surface area contributed by atoms with Crippen LogP contribution in [-0.2, 0) is 4.74 Å². The van der Waals surface area contributed by atoms with Crippen molar-refractivity contribution in [2.45, 2.75) is 44.7 Å². The Bertz CT molecular complexity index is 154. The zero-order valence-electron chi connectivity index (χ0n) is 10.5. The number of unbranched alkanes of at least 4 members (excludes halogenated alkanes) is 1. The molecule has 1 N–H and O–H groups in total. The molecular formula is C12H26N2O. The van der Waals surface area contributed by atoms with Gasteiger partial charge in [0, 0.05) is 25.7 Å². The first kappa shape index (κ1) is 12.9. The molecule has 90 valence electrons. The van der Waals surface area contributed by atoms with Gasteiger partial charge in [-0.3, -0.25) is 4.90 Å². The van der Waals surface area contributed by atoms with Crippen molar-refractivity contribution in [1.29, 1.82) is 0 Å². The third kappa shape index (κ3) is 4.49. The molecule has 1 fully saturated rings. The van der Waals surface area contributed by atoms with Crippen LogP contribution in [0.2, 0.25) is 0 Å². The van der Waals surface area contributed by atoms with E-state index in [-0.39, 0.29) is 0 Å². The largest absolute Gasteiger partial charge is 0.383 e. The molecule has 0 heterocycles. The van der Waals surface area contributed by atoms with Crippen molar-refractivity contribution in [3.05, 3.63) is 0 Å². The summed E-state index contributed by atoms with van der Waals surface area (Å²) >= 11 is 0. The van der Waals surface area contributed by atoms with Crippen molar-refractivity contribution in [3.63, 3.8) is 0 Å². The van der Waals surface area contributed by atoms with Crippen molar-refractivity contribution in [2.24, 2.45) is 0 Å². The third-order valence-electron chi connectivity index (χ3n) is 3.05. The summed E-state index contributed by atoms with van der Waals surface area (Å²) in [6.07, 6.45) is 5.35. The highest BCUT2D eigenvalue weighted by molar-refractivity contribution is 4.89. The maximum atomic E-state index is 5.31. The van der Waals surface area contributed by atoms with Crippen LogP contribution in [0.4, 0.5) is 0 Å². The summed E-state index contributed by atoms with van der Waals surface area (Å²) in [7, 11) is 3.82. The molecule has 3 heteroatoms. The molecule has 0 aliphatic heterocycles. The Labute approximate surface area is 94.2 Å². The van der Waals surface area contributed by atoms with Crippen LogP contribution in [0.3, 0.4) is 0 Å². The maximum Gasteiger partial charge on any atom is 0.0630 e. The fourth-order valence-electron chi connectivity index (χ4n) is 2.11. The normalized spacial score (nSPS) is 18.4. The summed E-state index contributed by atoms with van der Waals surface area (Å²) in [5.74, 6) is 0. The molecule has 15 heavy (non-hydrogen) atoms. The molecule has 0 aromatic carbocycles. The summed E-state index contributed by atoms with van der Waals surface area (Å²) in [6.45, 7) is 5.38. The zero-order chi connectivity index (χ0) is 11.1. The van der Waals surface area contributed by atoms with Crippen molar-refractivity contribution >= 4 is 0 Å². The average molecular weight is 214 g/mol. The molecule has 1 atom stereocenters. The molecule has 1 unspecified atom stereocenters. The lowest BCUT2D eigenvalue weighted by molar-refractivity contribution is 0.0838. The van der Waals surface area contributed by atoms with Gasteiger partial charge in [0.05, 0.1) is 6.61 Å². The van der Waals surface area contributed by atoms with Crippen LogP contribution in [0.25, 0.3) is 0 Å². The molecular weight excluding hydrogens is 188 g/mol. The Balaban J connectivity index is 2.40. The Morgan fingerprint density at radius 1 is 1.47 bits per heavy atom. The van der Waals surface area contributed by atoms with E-state index in [0.717, 1.165) is 19.2 Å². The van der Waals surface area contributed by atoms with Crippen LogP contribution in [-0.4, -0.2) is 50.8 Å². The number of ether oxygens (including phenoxy) is 1. The topological polar surface area (TPSA) is 24.5 Å². The standard InChI is InChI=1S/C12H26N2O/c1-4-5-8-14(11-6-7-11)12(9-13-2)10-15-3/h11-13H,4-10H2,1-3H3. The van der Waals surface area contributed by atoms with Crippen LogP contribution in [0, 0.1) is 0 Å². The number of likely N-dealkylation sites (N-methyl/N-ethyl adjacent to an activating group) is 1. The Kier molecular flexibility index (Phi) is 6.22. The van der Waals surface area contributed by atoms with E-state index in [4.69, 9.17) is 4.74 Å². The van der Waals surface area contributed by atoms with Crippen molar-refractivity contribution < 1.29 is 4.74 Å². The van der Waals surface area contributed by atoms with E-state index < -0.39 is 0 Å². The monoisotopic (exact) mass is 214 g/mol. The van der Waals surface area contributed by atoms with Crippen molar-refractivity contribution in [3.8, 4) is 0 Å². The highest BCUT2D eigenvalue weighted by atomic mass is 16.5. The third-order valence-corrected chi connectivity index (χ3v) is 3.05. The first-order valence-electron chi connectivity index (χ1n) is 6.22. The fraction of sp³-hybridized carbons (Fsp3) is 1.00. The van der Waals surface area contributed by atoms with Crippen LogP contribution >= 0.6 is 0 Å². The summed E-state index contributed by atoms with van der Waals surface area (Å²) in [6, 6.07) is 1.39. The summed E-state index contributed by atoms with van der Waals surface area (Å²) < 4.78 is 5.31. The van der Waals surface area contributed by atoms with E-state index in [9.17, 15) is 0 Å². The van der Waals surface area contributed by atoms with Gasteiger partial charge in [-0.2, -0.15) is 0 Å². The molecule has 1 aliphatic rings. The van der Waals surface area contributed by atoms with E-state index >= 15 is 0 Å². The van der Waals surface area contributed by atoms with Gasteiger partial charge < -0.3 is 10.1 Å². The van der Waals surface area contributed by atoms with Gasteiger partial charge in [0.2, 0.25) is 0 Å². The van der Waals surface area contributed by atoms with Gasteiger partial charge in [-0.05, 0) is 32.9 Å². The van der Waals surface area contributed by atoms with Gasteiger partial charge in [-0.15, -0.1) is 0 Å². The minimum atomic E-state index is 0.555. The van der Waals surface area contributed by atoms with Crippen LogP contribution in [0.5, 0.6) is 0 Å². The molecule has 1 aliphatic carbocycles. The fourth-order valence-corrected chi connectivity index (χ4v) is 2.11. The van der Waals surface area contributed by atoms with Gasteiger partial charge in [0.1, 0.15) is 0 Å². The molecule has 0 amide bonds. The Morgan fingerprint density at radius 2 is 2.20 bits per heavy atom. The van der Waals surface area contributed by atoms with Gasteiger partial charge >= 0.3 is 0 Å². The molecule has 3 nitrogen and oxygen atoms in total. The highest BCUT2D eigenvalue weighted by Gasteiger charge is 2.32. The number of rotatable bonds is 9. The van der Waals surface area contributed by atoms with Gasteiger partial charge in [0.15, 0.2) is 0 Å². The average Bonchev–Trinajstić information content (AvgIpc) is 3.03. The molecule has 0 radical (unpaired) electrons. The van der Waals surface area contributed by atoms with Crippen LogP contribution in [0.15, 0.2) is 0 Å². The predicted octanol–water partition coefficient (Wildman–Crippen LogP) is 1.49. The van der Waals surface area contributed by atoms with Gasteiger partial charge in [-0.1, -0.05) is 13.3 Å². The number of nitrogens with zero attached hydrogens (tertiary/aromatic N) is 1. The van der Waals surface area contributed by atoms with E-state index in [1.54, 1.807) is 7.11 Å². The Hall–Kier alpha value is -0.120. The second-order valence-electron chi connectivity index (χ2n) is 4.49. The lowest BCUT2D eigenvalue weighted by Crippen LogP contribution is -2.46. The number of hydrogen-bond acceptors (Lipinski definition) is 3. The molecule has 0 saturated heterocycles. The lowest BCUT2D eigenvalue weighted by atomic mass is 10.2. The smallest absolute Gasteiger partial charge is 0.0630 e. The predicted molar refractivity (Wildman–Crippen MR) is 64.2 cm³/mol. The molecule has 0 aromatic heterocycles. The quantitative estimate of drug-likeness (QED) is 0.629. The van der Waals surface area contributed by atoms with Crippen LogP contribution in [0.1, 0.15) is 32.6 Å². The number of hydrogen-bond donors (Lipinski definition) is 1. The molecule has 1 rings (SSSR count). The second kappa shape index (κ2) is 7.20. The summed E-state index contributed by atoms with van der Waals surface area (Å²) in [4.78, 5) is 2.64. The van der Waals surface area contributed by atoms with Gasteiger partial charge in [-0.25, -0.2) is 0 Å². The van der Waals surface area contributed by atoms with E-state index in [1.165, 1.54) is 32.2 Å². The maximum absolute atomic E-state index is 5.31. The number of methoxy groups -OCH3 is 1. The van der Waals surface area contributed by atoms with Crippen molar-refractivity contribution in [1.82, 2.24) is 10.2 Å². The molecule has 0 aromatic rings. The van der Waals surface area contributed by atoms with E-state index in [2.05, 4.69) is 17.1 Å². The minimum Gasteiger partial charge on any atom is -0.383 e.